The summed E-state index contributed by atoms with van der Waals surface area (Å²) in [6, 6.07) is 0. The molecule has 0 aromatic carbocycles. The van der Waals surface area contributed by atoms with Crippen molar-refractivity contribution in [1.82, 2.24) is 15.1 Å². The number of alkyl halides is 3. The summed E-state index contributed by atoms with van der Waals surface area (Å²) in [5, 5.41) is 7.76. The number of nitrogens with one attached hydrogen (secondary N) is 1. The number of piperidine rings is 1. The van der Waals surface area contributed by atoms with Crippen LogP contribution in [-0.4, -0.2) is 35.4 Å². The van der Waals surface area contributed by atoms with E-state index in [0.29, 0.717) is 25.3 Å². The summed E-state index contributed by atoms with van der Waals surface area (Å²) in [5.41, 5.74) is -0.167. The lowest BCUT2D eigenvalue weighted by molar-refractivity contribution is -0.138. The Kier molecular flexibility index (Phi) is 4.95. The van der Waals surface area contributed by atoms with Crippen LogP contribution < -0.4 is 5.32 Å². The van der Waals surface area contributed by atoms with Crippen molar-refractivity contribution in [2.75, 3.05) is 19.7 Å². The molecule has 9 heteroatoms. The molecule has 1 fully saturated rings. The van der Waals surface area contributed by atoms with E-state index in [2.05, 4.69) is 10.4 Å². The molecule has 0 unspecified atom stereocenters. The molecule has 28 heavy (non-hydrogen) atoms. The quantitative estimate of drug-likeness (QED) is 0.801. The highest BCUT2D eigenvalue weighted by molar-refractivity contribution is 5.92. The van der Waals surface area contributed by atoms with E-state index >= 15 is 0 Å². The van der Waals surface area contributed by atoms with Crippen molar-refractivity contribution in [2.24, 2.45) is 5.92 Å². The molecule has 0 saturated carbocycles. The molecule has 0 amide bonds. The first-order chi connectivity index (χ1) is 13.4. The topological polar surface area (TPSA) is 69.3 Å². The first-order valence-corrected chi connectivity index (χ1v) is 9.55. The smallest absolute Gasteiger partial charge is 0.421 e. The molecule has 3 heterocycles. The van der Waals surface area contributed by atoms with E-state index in [1.165, 1.54) is 6.92 Å². The fourth-order valence-corrected chi connectivity index (χ4v) is 4.04. The average Bonchev–Trinajstić information content (AvgIpc) is 3.22. The van der Waals surface area contributed by atoms with Crippen molar-refractivity contribution in [3.05, 3.63) is 28.8 Å². The Morgan fingerprint density at radius 2 is 2.11 bits per heavy atom. The third-order valence-electron chi connectivity index (χ3n) is 5.33. The van der Waals surface area contributed by atoms with Gasteiger partial charge in [-0.05, 0) is 50.8 Å². The number of carbonyl (C=O) groups excluding carboxylic acids is 1. The van der Waals surface area contributed by atoms with Gasteiger partial charge in [0, 0.05) is 19.2 Å². The first-order valence-electron chi connectivity index (χ1n) is 9.55. The van der Waals surface area contributed by atoms with Gasteiger partial charge in [0.05, 0.1) is 17.9 Å². The predicted octanol–water partition coefficient (Wildman–Crippen LogP) is 3.44. The highest BCUT2D eigenvalue weighted by atomic mass is 19.4. The second-order valence-electron chi connectivity index (χ2n) is 7.24. The van der Waals surface area contributed by atoms with Crippen molar-refractivity contribution in [2.45, 2.75) is 45.3 Å². The zero-order chi connectivity index (χ0) is 19.9. The monoisotopic (exact) mass is 397 g/mol. The van der Waals surface area contributed by atoms with E-state index in [1.807, 2.05) is 6.20 Å². The van der Waals surface area contributed by atoms with Gasteiger partial charge in [-0.2, -0.15) is 18.3 Å². The van der Waals surface area contributed by atoms with Gasteiger partial charge < -0.3 is 14.5 Å². The predicted molar refractivity (Wildman–Crippen MR) is 93.9 cm³/mol. The van der Waals surface area contributed by atoms with Gasteiger partial charge in [-0.25, -0.2) is 4.79 Å². The summed E-state index contributed by atoms with van der Waals surface area (Å²) in [6.45, 7) is 4.07. The standard InChI is InChI=1S/C19H22F3N3O3/c1-2-27-18(26)17-15(19(20,21)22)14-13(28-17)4-3-12-10-25(24-16(12)14)9-11-5-7-23-8-6-11/h10-11,23H,2-9H2,1H3. The Balaban J connectivity index is 1.74. The maximum Gasteiger partial charge on any atom is 0.421 e. The minimum Gasteiger partial charge on any atom is -0.460 e. The van der Waals surface area contributed by atoms with Crippen molar-refractivity contribution in [1.29, 1.82) is 0 Å². The lowest BCUT2D eigenvalue weighted by Gasteiger charge is -2.22. The Hall–Kier alpha value is -2.29. The molecular formula is C19H22F3N3O3. The molecule has 1 N–H and O–H groups in total. The van der Waals surface area contributed by atoms with Crippen LogP contribution in [-0.2, 0) is 30.3 Å². The lowest BCUT2D eigenvalue weighted by Crippen LogP contribution is -2.30. The molecule has 0 atom stereocenters. The van der Waals surface area contributed by atoms with Gasteiger partial charge in [0.1, 0.15) is 11.3 Å². The Morgan fingerprint density at radius 3 is 2.79 bits per heavy atom. The Morgan fingerprint density at radius 1 is 1.36 bits per heavy atom. The maximum absolute atomic E-state index is 13.8. The van der Waals surface area contributed by atoms with Gasteiger partial charge in [-0.15, -0.1) is 0 Å². The number of esters is 1. The van der Waals surface area contributed by atoms with Crippen LogP contribution in [0.4, 0.5) is 13.2 Å². The molecule has 2 aromatic heterocycles. The molecule has 6 nitrogen and oxygen atoms in total. The number of aromatic nitrogens is 2. The van der Waals surface area contributed by atoms with Crippen LogP contribution in [0.25, 0.3) is 11.3 Å². The zero-order valence-electron chi connectivity index (χ0n) is 15.6. The van der Waals surface area contributed by atoms with Gasteiger partial charge in [0.15, 0.2) is 0 Å². The molecule has 4 rings (SSSR count). The number of halogens is 3. The fraction of sp³-hybridized carbons (Fsp3) is 0.579. The number of ether oxygens (including phenoxy) is 1. The largest absolute Gasteiger partial charge is 0.460 e. The van der Waals surface area contributed by atoms with Gasteiger partial charge in [-0.1, -0.05) is 0 Å². The molecule has 1 saturated heterocycles. The summed E-state index contributed by atoms with van der Waals surface area (Å²) in [5.74, 6) is -1.28. The summed E-state index contributed by atoms with van der Waals surface area (Å²) in [4.78, 5) is 12.1. The number of carbonyl (C=O) groups is 1. The summed E-state index contributed by atoms with van der Waals surface area (Å²) in [6.07, 6.45) is -0.0554. The van der Waals surface area contributed by atoms with Crippen LogP contribution in [0.5, 0.6) is 0 Å². The van der Waals surface area contributed by atoms with Crippen LogP contribution in [0.15, 0.2) is 10.6 Å². The fourth-order valence-electron chi connectivity index (χ4n) is 4.04. The number of rotatable bonds is 4. The molecule has 0 bridgehead atoms. The second kappa shape index (κ2) is 7.27. The number of aryl methyl sites for hydroxylation is 2. The summed E-state index contributed by atoms with van der Waals surface area (Å²) >= 11 is 0. The van der Waals surface area contributed by atoms with E-state index in [1.54, 1.807) is 4.68 Å². The van der Waals surface area contributed by atoms with E-state index in [4.69, 9.17) is 9.15 Å². The zero-order valence-corrected chi connectivity index (χ0v) is 15.6. The number of furan rings is 1. The number of fused-ring (bicyclic) bond motifs is 3. The van der Waals surface area contributed by atoms with Gasteiger partial charge in [0.2, 0.25) is 5.76 Å². The van der Waals surface area contributed by atoms with E-state index in [9.17, 15) is 18.0 Å². The van der Waals surface area contributed by atoms with Crippen molar-refractivity contribution in [3.8, 4) is 11.3 Å². The molecular weight excluding hydrogens is 375 g/mol. The lowest BCUT2D eigenvalue weighted by atomic mass is 9.93. The minimum absolute atomic E-state index is 0.0301. The van der Waals surface area contributed by atoms with Crippen LogP contribution >= 0.6 is 0 Å². The molecule has 0 spiro atoms. The molecule has 2 aromatic rings. The van der Waals surface area contributed by atoms with Crippen LogP contribution in [0.1, 0.15) is 47.2 Å². The molecule has 2 aliphatic rings. The van der Waals surface area contributed by atoms with E-state index < -0.39 is 23.5 Å². The number of hydrogen-bond acceptors (Lipinski definition) is 5. The maximum atomic E-state index is 13.8. The number of nitrogens with zero attached hydrogens (tertiary/aromatic N) is 2. The van der Waals surface area contributed by atoms with Crippen molar-refractivity contribution < 1.29 is 27.1 Å². The molecule has 1 aliphatic heterocycles. The SMILES string of the molecule is CCOC(=O)c1oc2c(c1C(F)(F)F)-c1nn(CC3CCNCC3)cc1CC2. The van der Waals surface area contributed by atoms with Gasteiger partial charge in [0.25, 0.3) is 0 Å². The molecule has 152 valence electrons. The third-order valence-corrected chi connectivity index (χ3v) is 5.33. The second-order valence-corrected chi connectivity index (χ2v) is 7.24. The summed E-state index contributed by atoms with van der Waals surface area (Å²) in [7, 11) is 0. The highest BCUT2D eigenvalue weighted by Gasteiger charge is 2.45. The van der Waals surface area contributed by atoms with Crippen LogP contribution in [0.3, 0.4) is 0 Å². The van der Waals surface area contributed by atoms with Gasteiger partial charge >= 0.3 is 12.1 Å². The molecule has 1 aliphatic carbocycles. The van der Waals surface area contributed by atoms with Crippen LogP contribution in [0.2, 0.25) is 0 Å². The first kappa shape index (κ1) is 19.0. The van der Waals surface area contributed by atoms with E-state index in [0.717, 1.165) is 31.5 Å². The minimum atomic E-state index is -4.74. The Bertz CT molecular complexity index is 879. The van der Waals surface area contributed by atoms with Crippen molar-refractivity contribution >= 4 is 5.97 Å². The van der Waals surface area contributed by atoms with E-state index in [-0.39, 0.29) is 23.6 Å². The number of hydrogen-bond donors (Lipinski definition) is 1. The van der Waals surface area contributed by atoms with Crippen LogP contribution in [0, 0.1) is 5.92 Å². The van der Waals surface area contributed by atoms with Gasteiger partial charge in [-0.3, -0.25) is 4.68 Å². The normalized spacial score (nSPS) is 17.3. The summed E-state index contributed by atoms with van der Waals surface area (Å²) < 4.78 is 53.4. The third kappa shape index (κ3) is 3.43. The van der Waals surface area contributed by atoms with Crippen molar-refractivity contribution in [3.63, 3.8) is 0 Å². The average molecular weight is 397 g/mol. The molecule has 0 radical (unpaired) electrons. The highest BCUT2D eigenvalue weighted by Crippen LogP contribution is 2.46. The Labute approximate surface area is 160 Å².